The predicted molar refractivity (Wildman–Crippen MR) is 181 cm³/mol. The Kier molecular flexibility index (Phi) is 10.6. The van der Waals surface area contributed by atoms with Crippen molar-refractivity contribution in [2.24, 2.45) is 0 Å². The van der Waals surface area contributed by atoms with Gasteiger partial charge in [0, 0.05) is 6.20 Å². The van der Waals surface area contributed by atoms with Gasteiger partial charge in [-0.3, -0.25) is 0 Å². The molecule has 1 aromatic heterocycles. The molecule has 0 fully saturated rings. The summed E-state index contributed by atoms with van der Waals surface area (Å²) in [4.78, 5) is 5.03. The van der Waals surface area contributed by atoms with Gasteiger partial charge in [-0.15, -0.1) is 0 Å². The van der Waals surface area contributed by atoms with E-state index in [1.54, 1.807) is 0 Å². The smallest absolute Gasteiger partial charge is 0.193 e. The zero-order valence-corrected chi connectivity index (χ0v) is 28.9. The van der Waals surface area contributed by atoms with E-state index in [4.69, 9.17) is 23.6 Å². The molecule has 1 aliphatic rings. The number of benzene rings is 3. The lowest BCUT2D eigenvalue weighted by atomic mass is 9.95. The van der Waals surface area contributed by atoms with Gasteiger partial charge in [-0.2, -0.15) is 0 Å². The third kappa shape index (κ3) is 8.04. The maximum atomic E-state index is 7.19. The largest absolute Gasteiger partial charge is 0.404 e. The van der Waals surface area contributed by atoms with Crippen LogP contribution in [0.1, 0.15) is 55.4 Å². The van der Waals surface area contributed by atoms with Crippen molar-refractivity contribution in [2.45, 2.75) is 83.1 Å². The lowest BCUT2D eigenvalue weighted by molar-refractivity contribution is -0.169. The van der Waals surface area contributed by atoms with E-state index in [2.05, 4.69) is 104 Å². The molecule has 0 saturated heterocycles. The summed E-state index contributed by atoms with van der Waals surface area (Å²) >= 11 is 2.30. The third-order valence-electron chi connectivity index (χ3n) is 8.54. The molecule has 228 valence electrons. The highest BCUT2D eigenvalue weighted by molar-refractivity contribution is 14.1. The molecule has 43 heavy (non-hydrogen) atoms. The van der Waals surface area contributed by atoms with Crippen LogP contribution in [0.15, 0.2) is 97.2 Å². The van der Waals surface area contributed by atoms with Crippen molar-refractivity contribution in [3.8, 4) is 0 Å². The van der Waals surface area contributed by atoms with Crippen LogP contribution in [0.4, 0.5) is 0 Å². The van der Waals surface area contributed by atoms with Crippen LogP contribution >= 0.6 is 22.6 Å². The van der Waals surface area contributed by atoms with Crippen molar-refractivity contribution in [1.29, 1.82) is 0 Å². The number of ether oxygens (including phenoxy) is 3. The Morgan fingerprint density at radius 2 is 1.23 bits per heavy atom. The molecule has 6 nitrogen and oxygen atoms in total. The maximum absolute atomic E-state index is 7.19. The van der Waals surface area contributed by atoms with Crippen LogP contribution in [0, 0.1) is 3.70 Å². The number of aromatic nitrogens is 2. The summed E-state index contributed by atoms with van der Waals surface area (Å²) in [5.41, 5.74) is 3.36. The van der Waals surface area contributed by atoms with E-state index in [-0.39, 0.29) is 23.3 Å². The van der Waals surface area contributed by atoms with Gasteiger partial charge in [-0.25, -0.2) is 4.98 Å². The van der Waals surface area contributed by atoms with Crippen molar-refractivity contribution < 1.29 is 18.6 Å². The standard InChI is InChI=1S/C35H43IN2O4Si/c1-35(2,3)43(4,5)42-33-32(41-24-28-19-13-8-14-20-28)31(40-23-27-17-11-7-12-18-27)29(38-21-30(36)37-34(33)38)25-39-22-26-15-9-6-10-16-26/h6-21,29,31-33H,22-25H2,1-5H3/t29?,31-,32-,33?/m0/s1. The van der Waals surface area contributed by atoms with E-state index in [0.29, 0.717) is 26.4 Å². The van der Waals surface area contributed by atoms with E-state index in [1.807, 2.05) is 54.6 Å². The van der Waals surface area contributed by atoms with Crippen molar-refractivity contribution in [1.82, 2.24) is 9.55 Å². The van der Waals surface area contributed by atoms with Crippen molar-refractivity contribution in [3.05, 3.63) is 123 Å². The summed E-state index contributed by atoms with van der Waals surface area (Å²) in [6, 6.07) is 30.7. The first-order chi connectivity index (χ1) is 20.6. The van der Waals surface area contributed by atoms with Gasteiger partial charge in [0.25, 0.3) is 0 Å². The van der Waals surface area contributed by atoms with Crippen LogP contribution in [0.5, 0.6) is 0 Å². The molecule has 0 N–H and O–H groups in total. The number of rotatable bonds is 12. The highest BCUT2D eigenvalue weighted by Crippen LogP contribution is 2.45. The molecule has 8 heteroatoms. The quantitative estimate of drug-likeness (QED) is 0.109. The second-order valence-corrected chi connectivity index (χ2v) is 18.6. The van der Waals surface area contributed by atoms with E-state index in [9.17, 15) is 0 Å². The molecular weight excluding hydrogens is 667 g/mol. The topological polar surface area (TPSA) is 54.7 Å². The highest BCUT2D eigenvalue weighted by atomic mass is 127. The molecule has 1 aliphatic heterocycles. The van der Waals surface area contributed by atoms with Crippen molar-refractivity contribution in [3.63, 3.8) is 0 Å². The molecule has 2 heterocycles. The minimum atomic E-state index is -2.23. The molecule has 3 aromatic carbocycles. The minimum absolute atomic E-state index is 0.0115. The van der Waals surface area contributed by atoms with Crippen LogP contribution in [0.25, 0.3) is 0 Å². The van der Waals surface area contributed by atoms with Gasteiger partial charge >= 0.3 is 0 Å². The van der Waals surface area contributed by atoms with Gasteiger partial charge in [0.2, 0.25) is 0 Å². The molecule has 5 rings (SSSR count). The molecule has 0 aliphatic carbocycles. The van der Waals surface area contributed by atoms with Crippen LogP contribution in [-0.2, 0) is 38.5 Å². The molecule has 2 unspecified atom stereocenters. The fourth-order valence-corrected chi connectivity index (χ4v) is 6.91. The van der Waals surface area contributed by atoms with Gasteiger partial charge in [-0.05, 0) is 57.4 Å². The first-order valence-electron chi connectivity index (χ1n) is 15.0. The van der Waals surface area contributed by atoms with E-state index >= 15 is 0 Å². The molecule has 0 saturated carbocycles. The second kappa shape index (κ2) is 14.2. The normalized spacial score (nSPS) is 20.6. The lowest BCUT2D eigenvalue weighted by Crippen LogP contribution is -2.53. The molecule has 4 aromatic rings. The maximum Gasteiger partial charge on any atom is 0.193 e. The molecule has 0 bridgehead atoms. The average molecular weight is 711 g/mol. The van der Waals surface area contributed by atoms with Gasteiger partial charge in [0.1, 0.15) is 27.8 Å². The molecular formula is C35H43IN2O4Si. The Labute approximate surface area is 271 Å². The van der Waals surface area contributed by atoms with E-state index < -0.39 is 14.4 Å². The SMILES string of the molecule is CC(C)(C)[Si](C)(C)OC1c2nc(I)cn2C(COCc2ccccc2)[C@H](OCc2ccccc2)[C@@H]1OCc1ccccc1. The van der Waals surface area contributed by atoms with Crippen LogP contribution in [0.3, 0.4) is 0 Å². The van der Waals surface area contributed by atoms with Crippen molar-refractivity contribution >= 4 is 30.9 Å². The third-order valence-corrected chi connectivity index (χ3v) is 13.5. The number of fused-ring (bicyclic) bond motifs is 1. The van der Waals surface area contributed by atoms with Crippen LogP contribution in [-0.4, -0.2) is 36.7 Å². The zero-order chi connectivity index (χ0) is 30.5. The van der Waals surface area contributed by atoms with Crippen molar-refractivity contribution in [2.75, 3.05) is 6.61 Å². The summed E-state index contributed by atoms with van der Waals surface area (Å²) in [5.74, 6) is 0.875. The molecule has 0 radical (unpaired) electrons. The summed E-state index contributed by atoms with van der Waals surface area (Å²) in [5, 5.41) is 0.0115. The van der Waals surface area contributed by atoms with Gasteiger partial charge in [0.05, 0.1) is 32.5 Å². The molecule has 0 amide bonds. The Morgan fingerprint density at radius 1 is 0.744 bits per heavy atom. The predicted octanol–water partition coefficient (Wildman–Crippen LogP) is 8.49. The Bertz CT molecular complexity index is 1430. The number of hydrogen-bond acceptors (Lipinski definition) is 5. The van der Waals surface area contributed by atoms with E-state index in [0.717, 1.165) is 26.2 Å². The first kappa shape index (κ1) is 32.1. The molecule has 0 spiro atoms. The summed E-state index contributed by atoms with van der Waals surface area (Å²) in [7, 11) is -2.23. The monoisotopic (exact) mass is 710 g/mol. The Balaban J connectivity index is 1.53. The highest BCUT2D eigenvalue weighted by Gasteiger charge is 2.50. The number of imidazole rings is 1. The summed E-state index contributed by atoms with van der Waals surface area (Å²) in [6.07, 6.45) is 0.973. The second-order valence-electron chi connectivity index (χ2n) is 12.7. The van der Waals surface area contributed by atoms with Crippen LogP contribution in [0.2, 0.25) is 18.1 Å². The van der Waals surface area contributed by atoms with Gasteiger partial charge in [0.15, 0.2) is 8.32 Å². The summed E-state index contributed by atoms with van der Waals surface area (Å²) in [6.45, 7) is 13.2. The number of hydrogen-bond donors (Lipinski definition) is 0. The Morgan fingerprint density at radius 3 is 1.74 bits per heavy atom. The zero-order valence-electron chi connectivity index (χ0n) is 25.8. The lowest BCUT2D eigenvalue weighted by Gasteiger charge is -2.47. The number of nitrogens with zero attached hydrogens (tertiary/aromatic N) is 2. The Hall–Kier alpha value is -2.34. The fourth-order valence-electron chi connectivity index (χ4n) is 5.13. The minimum Gasteiger partial charge on any atom is -0.404 e. The van der Waals surface area contributed by atoms with Gasteiger partial charge in [-0.1, -0.05) is 112 Å². The fraction of sp³-hybridized carbons (Fsp3) is 0.400. The summed E-state index contributed by atoms with van der Waals surface area (Å²) < 4.78 is 30.4. The van der Waals surface area contributed by atoms with Crippen LogP contribution < -0.4 is 0 Å². The number of halogens is 1. The van der Waals surface area contributed by atoms with E-state index in [1.165, 1.54) is 0 Å². The molecule has 4 atom stereocenters. The first-order valence-corrected chi connectivity index (χ1v) is 19.0. The average Bonchev–Trinajstić information content (AvgIpc) is 3.39. The van der Waals surface area contributed by atoms with Gasteiger partial charge < -0.3 is 23.2 Å².